The van der Waals surface area contributed by atoms with Gasteiger partial charge >= 0.3 is 6.18 Å². The number of aromatic nitrogens is 1. The Hall–Kier alpha value is -0.330. The van der Waals surface area contributed by atoms with Gasteiger partial charge in [0.25, 0.3) is 0 Å². The van der Waals surface area contributed by atoms with E-state index >= 15 is 0 Å². The normalized spacial score (nSPS) is 13.2. The van der Waals surface area contributed by atoms with Gasteiger partial charge in [-0.3, -0.25) is 4.98 Å². The molecule has 1 heterocycles. The van der Waals surface area contributed by atoms with Gasteiger partial charge in [0.1, 0.15) is 6.04 Å². The lowest BCUT2D eigenvalue weighted by Gasteiger charge is -2.16. The zero-order valence-corrected chi connectivity index (χ0v) is 9.16. The smallest absolute Gasteiger partial charge is 0.316 e. The minimum atomic E-state index is -4.44. The highest BCUT2D eigenvalue weighted by molar-refractivity contribution is 9.10. The Bertz CT molecular complexity index is 305. The maximum atomic E-state index is 12.1. The molecule has 0 spiro atoms. The van der Waals surface area contributed by atoms with Gasteiger partial charge in [-0.1, -0.05) is 15.9 Å². The van der Waals surface area contributed by atoms with Gasteiger partial charge in [0.2, 0.25) is 0 Å². The standard InChI is InChI=1S/C7H6BrF3N2.ClH/c8-5-1-2-13-3-4(5)6(12)7(9,10)11;/h1-3,6H,12H2;1H/t6-;/m1./s1. The molecular weight excluding hydrogens is 284 g/mol. The fourth-order valence-electron chi connectivity index (χ4n) is 0.795. The van der Waals surface area contributed by atoms with Crippen molar-refractivity contribution in [2.75, 3.05) is 0 Å². The summed E-state index contributed by atoms with van der Waals surface area (Å²) in [6.07, 6.45) is -1.95. The highest BCUT2D eigenvalue weighted by atomic mass is 79.9. The Kier molecular flexibility index (Phi) is 4.83. The number of nitrogens with two attached hydrogens (primary N) is 1. The Morgan fingerprint density at radius 1 is 1.43 bits per heavy atom. The molecule has 0 unspecified atom stereocenters. The molecule has 1 atom stereocenters. The number of hydrogen-bond acceptors (Lipinski definition) is 2. The lowest BCUT2D eigenvalue weighted by molar-refractivity contribution is -0.149. The van der Waals surface area contributed by atoms with E-state index in [1.165, 1.54) is 12.3 Å². The number of halogens is 5. The van der Waals surface area contributed by atoms with Crippen molar-refractivity contribution in [1.82, 2.24) is 4.98 Å². The van der Waals surface area contributed by atoms with E-state index in [1.54, 1.807) is 0 Å². The minimum Gasteiger partial charge on any atom is -0.316 e. The molecule has 0 aromatic carbocycles. The van der Waals surface area contributed by atoms with Crippen LogP contribution >= 0.6 is 28.3 Å². The van der Waals surface area contributed by atoms with Crippen LogP contribution in [-0.4, -0.2) is 11.2 Å². The highest BCUT2D eigenvalue weighted by Gasteiger charge is 2.38. The summed E-state index contributed by atoms with van der Waals surface area (Å²) in [6, 6.07) is -0.573. The van der Waals surface area contributed by atoms with Crippen LogP contribution in [0.1, 0.15) is 11.6 Å². The SMILES string of the molecule is Cl.N[C@H](c1cnccc1Br)C(F)(F)F. The van der Waals surface area contributed by atoms with E-state index in [-0.39, 0.29) is 18.0 Å². The predicted molar refractivity (Wildman–Crippen MR) is 52.2 cm³/mol. The number of rotatable bonds is 1. The van der Waals surface area contributed by atoms with Crippen LogP contribution in [0.15, 0.2) is 22.9 Å². The molecule has 2 N–H and O–H groups in total. The molecule has 0 aliphatic heterocycles. The van der Waals surface area contributed by atoms with Gasteiger partial charge in [-0.2, -0.15) is 13.2 Å². The van der Waals surface area contributed by atoms with Crippen LogP contribution in [0.4, 0.5) is 13.2 Å². The third kappa shape index (κ3) is 3.11. The molecular formula is C7H7BrClF3N2. The van der Waals surface area contributed by atoms with Gasteiger partial charge in [-0.25, -0.2) is 0 Å². The second kappa shape index (κ2) is 4.95. The van der Waals surface area contributed by atoms with Gasteiger partial charge in [0.05, 0.1) is 0 Å². The molecule has 0 saturated heterocycles. The predicted octanol–water partition coefficient (Wildman–Crippen LogP) is 2.83. The molecule has 0 aliphatic carbocycles. The zero-order chi connectivity index (χ0) is 10.1. The summed E-state index contributed by atoms with van der Waals surface area (Å²) >= 11 is 2.97. The largest absolute Gasteiger partial charge is 0.407 e. The summed E-state index contributed by atoms with van der Waals surface area (Å²) in [4.78, 5) is 3.57. The summed E-state index contributed by atoms with van der Waals surface area (Å²) in [5.41, 5.74) is 4.92. The first kappa shape index (κ1) is 13.7. The molecule has 0 fully saturated rings. The molecule has 0 aliphatic rings. The van der Waals surface area contributed by atoms with Crippen LogP contribution in [0.3, 0.4) is 0 Å². The van der Waals surface area contributed by atoms with Crippen molar-refractivity contribution >= 4 is 28.3 Å². The molecule has 7 heteroatoms. The fourth-order valence-corrected chi connectivity index (χ4v) is 1.26. The topological polar surface area (TPSA) is 38.9 Å². The minimum absolute atomic E-state index is 0. The van der Waals surface area contributed by atoms with E-state index in [1.807, 2.05) is 0 Å². The number of alkyl halides is 3. The molecule has 14 heavy (non-hydrogen) atoms. The molecule has 2 nitrogen and oxygen atoms in total. The van der Waals surface area contributed by atoms with Crippen molar-refractivity contribution in [3.05, 3.63) is 28.5 Å². The van der Waals surface area contributed by atoms with Crippen molar-refractivity contribution in [2.45, 2.75) is 12.2 Å². The lowest BCUT2D eigenvalue weighted by Crippen LogP contribution is -2.28. The third-order valence-corrected chi connectivity index (χ3v) is 2.21. The van der Waals surface area contributed by atoms with Crippen molar-refractivity contribution in [2.24, 2.45) is 5.73 Å². The second-order valence-electron chi connectivity index (χ2n) is 2.42. The molecule has 0 radical (unpaired) electrons. The second-order valence-corrected chi connectivity index (χ2v) is 3.27. The molecule has 1 aromatic rings. The third-order valence-electron chi connectivity index (χ3n) is 1.48. The van der Waals surface area contributed by atoms with E-state index < -0.39 is 12.2 Å². The van der Waals surface area contributed by atoms with Crippen molar-refractivity contribution in [3.63, 3.8) is 0 Å². The Labute approximate surface area is 93.2 Å². The van der Waals surface area contributed by atoms with Gasteiger partial charge in [0.15, 0.2) is 0 Å². The Morgan fingerprint density at radius 3 is 2.43 bits per heavy atom. The molecule has 0 amide bonds. The summed E-state index contributed by atoms with van der Waals surface area (Å²) in [7, 11) is 0. The first-order valence-corrected chi connectivity index (χ1v) is 4.14. The van der Waals surface area contributed by atoms with E-state index in [9.17, 15) is 13.2 Å². The average molecular weight is 291 g/mol. The van der Waals surface area contributed by atoms with Crippen molar-refractivity contribution < 1.29 is 13.2 Å². The van der Waals surface area contributed by atoms with Gasteiger partial charge < -0.3 is 5.73 Å². The van der Waals surface area contributed by atoms with Crippen LogP contribution in [0.2, 0.25) is 0 Å². The average Bonchev–Trinajstić information content (AvgIpc) is 2.02. The molecule has 1 rings (SSSR count). The number of hydrogen-bond donors (Lipinski definition) is 1. The fraction of sp³-hybridized carbons (Fsp3) is 0.286. The summed E-state index contributed by atoms with van der Waals surface area (Å²) < 4.78 is 36.7. The van der Waals surface area contributed by atoms with Crippen LogP contribution < -0.4 is 5.73 Å². The van der Waals surface area contributed by atoms with Crippen molar-refractivity contribution in [3.8, 4) is 0 Å². The van der Waals surface area contributed by atoms with Crippen LogP contribution in [0.25, 0.3) is 0 Å². The maximum absolute atomic E-state index is 12.1. The summed E-state index contributed by atoms with van der Waals surface area (Å²) in [5, 5.41) is 0. The van der Waals surface area contributed by atoms with E-state index in [0.717, 1.165) is 6.20 Å². The molecule has 80 valence electrons. The zero-order valence-electron chi connectivity index (χ0n) is 6.75. The van der Waals surface area contributed by atoms with Crippen LogP contribution in [0, 0.1) is 0 Å². The van der Waals surface area contributed by atoms with Gasteiger partial charge in [0, 0.05) is 22.4 Å². The quantitative estimate of drug-likeness (QED) is 0.864. The first-order valence-electron chi connectivity index (χ1n) is 3.34. The molecule has 1 aromatic heterocycles. The molecule has 0 saturated carbocycles. The van der Waals surface area contributed by atoms with Crippen LogP contribution in [0.5, 0.6) is 0 Å². The molecule has 0 bridgehead atoms. The number of nitrogens with zero attached hydrogens (tertiary/aromatic N) is 1. The van der Waals surface area contributed by atoms with Gasteiger partial charge in [-0.15, -0.1) is 12.4 Å². The van der Waals surface area contributed by atoms with E-state index in [4.69, 9.17) is 5.73 Å². The van der Waals surface area contributed by atoms with Crippen molar-refractivity contribution in [1.29, 1.82) is 0 Å². The summed E-state index contributed by atoms with van der Waals surface area (Å²) in [6.45, 7) is 0. The summed E-state index contributed by atoms with van der Waals surface area (Å²) in [5.74, 6) is 0. The first-order chi connectivity index (χ1) is 5.93. The monoisotopic (exact) mass is 290 g/mol. The van der Waals surface area contributed by atoms with Crippen LogP contribution in [-0.2, 0) is 0 Å². The van der Waals surface area contributed by atoms with Gasteiger partial charge in [-0.05, 0) is 6.07 Å². The maximum Gasteiger partial charge on any atom is 0.407 e. The Morgan fingerprint density at radius 2 is 2.00 bits per heavy atom. The highest BCUT2D eigenvalue weighted by Crippen LogP contribution is 2.33. The Balaban J connectivity index is 0.00000169. The lowest BCUT2D eigenvalue weighted by atomic mass is 10.1. The van der Waals surface area contributed by atoms with E-state index in [0.29, 0.717) is 4.47 Å². The van der Waals surface area contributed by atoms with E-state index in [2.05, 4.69) is 20.9 Å². The number of pyridine rings is 1.